The second-order valence-electron chi connectivity index (χ2n) is 5.62. The standard InChI is InChI=1S/C20H24N2O3/c1-5-22(20(23)13-21-24-4)18-11-7-6-10-17(18)14-25-19-12-8-9-15(2)16(19)3/h6-13H,5,14H2,1-4H3. The van der Waals surface area contributed by atoms with Gasteiger partial charge in [0.2, 0.25) is 0 Å². The number of nitrogens with zero attached hydrogens (tertiary/aromatic N) is 2. The fourth-order valence-electron chi connectivity index (χ4n) is 2.54. The van der Waals surface area contributed by atoms with Crippen LogP contribution < -0.4 is 9.64 Å². The van der Waals surface area contributed by atoms with Gasteiger partial charge >= 0.3 is 0 Å². The molecule has 0 bridgehead atoms. The summed E-state index contributed by atoms with van der Waals surface area (Å²) in [5.41, 5.74) is 4.05. The van der Waals surface area contributed by atoms with Gasteiger partial charge in [-0.3, -0.25) is 4.79 Å². The molecule has 5 heteroatoms. The van der Waals surface area contributed by atoms with Gasteiger partial charge in [0.15, 0.2) is 0 Å². The molecule has 0 aromatic heterocycles. The summed E-state index contributed by atoms with van der Waals surface area (Å²) in [5.74, 6) is 0.619. The topological polar surface area (TPSA) is 51.1 Å². The van der Waals surface area contributed by atoms with Crippen molar-refractivity contribution in [3.63, 3.8) is 0 Å². The van der Waals surface area contributed by atoms with E-state index in [1.165, 1.54) is 18.9 Å². The largest absolute Gasteiger partial charge is 0.489 e. The van der Waals surface area contributed by atoms with Gasteiger partial charge in [-0.05, 0) is 44.0 Å². The van der Waals surface area contributed by atoms with Crippen LogP contribution in [0, 0.1) is 13.8 Å². The van der Waals surface area contributed by atoms with Gasteiger partial charge in [0.1, 0.15) is 25.7 Å². The van der Waals surface area contributed by atoms with Crippen molar-refractivity contribution in [2.45, 2.75) is 27.4 Å². The molecule has 1 amide bonds. The zero-order valence-electron chi connectivity index (χ0n) is 15.2. The van der Waals surface area contributed by atoms with Crippen molar-refractivity contribution in [3.8, 4) is 5.75 Å². The first-order valence-corrected chi connectivity index (χ1v) is 8.23. The fourth-order valence-corrected chi connectivity index (χ4v) is 2.54. The van der Waals surface area contributed by atoms with Crippen LogP contribution in [0.1, 0.15) is 23.6 Å². The average Bonchev–Trinajstić information content (AvgIpc) is 2.62. The van der Waals surface area contributed by atoms with E-state index in [-0.39, 0.29) is 5.91 Å². The minimum Gasteiger partial charge on any atom is -0.489 e. The quantitative estimate of drug-likeness (QED) is 0.568. The molecule has 5 nitrogen and oxygen atoms in total. The Morgan fingerprint density at radius 2 is 1.92 bits per heavy atom. The van der Waals surface area contributed by atoms with E-state index in [1.807, 2.05) is 50.2 Å². The van der Waals surface area contributed by atoms with Crippen molar-refractivity contribution in [2.75, 3.05) is 18.6 Å². The predicted octanol–water partition coefficient (Wildman–Crippen LogP) is 3.87. The Morgan fingerprint density at radius 1 is 1.16 bits per heavy atom. The van der Waals surface area contributed by atoms with Gasteiger partial charge in [-0.15, -0.1) is 0 Å². The van der Waals surface area contributed by atoms with Crippen LogP contribution in [0.5, 0.6) is 5.75 Å². The third kappa shape index (κ3) is 4.59. The molecule has 2 aromatic carbocycles. The number of benzene rings is 2. The van der Waals surface area contributed by atoms with Gasteiger partial charge in [0.25, 0.3) is 5.91 Å². The molecular weight excluding hydrogens is 316 g/mol. The second kappa shape index (κ2) is 8.87. The number of hydrogen-bond acceptors (Lipinski definition) is 4. The van der Waals surface area contributed by atoms with Crippen LogP contribution in [0.25, 0.3) is 0 Å². The molecular formula is C20H24N2O3. The number of anilines is 1. The number of aryl methyl sites for hydroxylation is 1. The van der Waals surface area contributed by atoms with E-state index in [0.29, 0.717) is 13.2 Å². The highest BCUT2D eigenvalue weighted by Gasteiger charge is 2.16. The molecule has 0 atom stereocenters. The zero-order valence-corrected chi connectivity index (χ0v) is 15.2. The minimum atomic E-state index is -0.233. The molecule has 0 radical (unpaired) electrons. The first-order valence-electron chi connectivity index (χ1n) is 8.23. The molecule has 0 N–H and O–H groups in total. The number of ether oxygens (including phenoxy) is 1. The highest BCUT2D eigenvalue weighted by atomic mass is 16.6. The molecule has 2 aromatic rings. The average molecular weight is 340 g/mol. The maximum absolute atomic E-state index is 12.3. The Labute approximate surface area is 148 Å². The molecule has 0 saturated heterocycles. The number of hydrogen-bond donors (Lipinski definition) is 0. The molecule has 132 valence electrons. The maximum atomic E-state index is 12.3. The Hall–Kier alpha value is -2.82. The third-order valence-electron chi connectivity index (χ3n) is 4.07. The van der Waals surface area contributed by atoms with Crippen LogP contribution in [0.4, 0.5) is 5.69 Å². The normalized spacial score (nSPS) is 10.7. The smallest absolute Gasteiger partial charge is 0.272 e. The van der Waals surface area contributed by atoms with Gasteiger partial charge < -0.3 is 14.5 Å². The van der Waals surface area contributed by atoms with E-state index < -0.39 is 0 Å². The van der Waals surface area contributed by atoms with Gasteiger partial charge in [-0.25, -0.2) is 0 Å². The van der Waals surface area contributed by atoms with Gasteiger partial charge in [0, 0.05) is 12.1 Å². The van der Waals surface area contributed by atoms with Gasteiger partial charge in [-0.1, -0.05) is 35.5 Å². The van der Waals surface area contributed by atoms with Crippen LogP contribution in [0.3, 0.4) is 0 Å². The Balaban J connectivity index is 2.23. The molecule has 0 unspecified atom stereocenters. The van der Waals surface area contributed by atoms with Crippen molar-refractivity contribution in [1.29, 1.82) is 0 Å². The molecule has 0 heterocycles. The summed E-state index contributed by atoms with van der Waals surface area (Å²) >= 11 is 0. The first kappa shape index (κ1) is 18.5. The highest BCUT2D eigenvalue weighted by molar-refractivity contribution is 6.32. The van der Waals surface area contributed by atoms with Gasteiger partial charge in [-0.2, -0.15) is 0 Å². The number of carbonyl (C=O) groups is 1. The van der Waals surface area contributed by atoms with Gasteiger partial charge in [0.05, 0.1) is 5.69 Å². The fraction of sp³-hybridized carbons (Fsp3) is 0.300. The van der Waals surface area contributed by atoms with E-state index >= 15 is 0 Å². The van der Waals surface area contributed by atoms with Crippen molar-refractivity contribution in [1.82, 2.24) is 0 Å². The molecule has 0 spiro atoms. The molecule has 0 fully saturated rings. The Morgan fingerprint density at radius 3 is 2.64 bits per heavy atom. The van der Waals surface area contributed by atoms with Crippen LogP contribution in [0.15, 0.2) is 47.6 Å². The molecule has 0 aliphatic rings. The molecule has 25 heavy (non-hydrogen) atoms. The zero-order chi connectivity index (χ0) is 18.2. The van der Waals surface area contributed by atoms with Crippen LogP contribution in [0.2, 0.25) is 0 Å². The highest BCUT2D eigenvalue weighted by Crippen LogP contribution is 2.25. The summed E-state index contributed by atoms with van der Waals surface area (Å²) in [6.07, 6.45) is 1.17. The SMILES string of the molecule is CCN(C(=O)C=NOC)c1ccccc1COc1cccc(C)c1C. The second-order valence-corrected chi connectivity index (χ2v) is 5.62. The van der Waals surface area contributed by atoms with Crippen LogP contribution in [-0.4, -0.2) is 25.8 Å². The minimum absolute atomic E-state index is 0.233. The lowest BCUT2D eigenvalue weighted by Gasteiger charge is -2.22. The number of carbonyl (C=O) groups excluding carboxylic acids is 1. The molecule has 0 aliphatic heterocycles. The van der Waals surface area contributed by atoms with Crippen LogP contribution >= 0.6 is 0 Å². The van der Waals surface area contributed by atoms with Crippen LogP contribution in [-0.2, 0) is 16.2 Å². The van der Waals surface area contributed by atoms with Crippen molar-refractivity contribution < 1.29 is 14.4 Å². The Kier molecular flexibility index (Phi) is 6.57. The van der Waals surface area contributed by atoms with Crippen molar-refractivity contribution >= 4 is 17.8 Å². The van der Waals surface area contributed by atoms with E-state index in [9.17, 15) is 4.79 Å². The summed E-state index contributed by atoms with van der Waals surface area (Å²) in [6, 6.07) is 13.7. The summed E-state index contributed by atoms with van der Waals surface area (Å²) in [5, 5.41) is 3.56. The Bertz CT molecular complexity index is 756. The van der Waals surface area contributed by atoms with Crippen molar-refractivity contribution in [2.24, 2.45) is 5.16 Å². The number of para-hydroxylation sites is 1. The predicted molar refractivity (Wildman–Crippen MR) is 100 cm³/mol. The molecule has 2 rings (SSSR count). The molecule has 0 saturated carbocycles. The number of rotatable bonds is 7. The number of amides is 1. The van der Waals surface area contributed by atoms with E-state index in [0.717, 1.165) is 22.6 Å². The summed E-state index contributed by atoms with van der Waals surface area (Å²) < 4.78 is 6.00. The summed E-state index contributed by atoms with van der Waals surface area (Å²) in [4.78, 5) is 18.6. The lowest BCUT2D eigenvalue weighted by Crippen LogP contribution is -2.32. The first-order chi connectivity index (χ1) is 12.1. The summed E-state index contributed by atoms with van der Waals surface area (Å²) in [6.45, 7) is 6.92. The van der Waals surface area contributed by atoms with E-state index in [1.54, 1.807) is 4.90 Å². The monoisotopic (exact) mass is 340 g/mol. The lowest BCUT2D eigenvalue weighted by molar-refractivity contribution is -0.112. The lowest BCUT2D eigenvalue weighted by atomic mass is 10.1. The van der Waals surface area contributed by atoms with E-state index in [4.69, 9.17) is 4.74 Å². The number of oxime groups is 1. The third-order valence-corrected chi connectivity index (χ3v) is 4.07. The van der Waals surface area contributed by atoms with Crippen molar-refractivity contribution in [3.05, 3.63) is 59.2 Å². The summed E-state index contributed by atoms with van der Waals surface area (Å²) in [7, 11) is 1.41. The molecule has 0 aliphatic carbocycles. The van der Waals surface area contributed by atoms with E-state index in [2.05, 4.69) is 23.0 Å². The maximum Gasteiger partial charge on any atom is 0.272 e.